The number of nitrogens with one attached hydrogen (secondary N) is 2. The van der Waals surface area contributed by atoms with Crippen molar-refractivity contribution in [3.8, 4) is 0 Å². The highest BCUT2D eigenvalue weighted by Gasteiger charge is 2.45. The van der Waals surface area contributed by atoms with Crippen LogP contribution in [0.15, 0.2) is 66.2 Å². The van der Waals surface area contributed by atoms with Gasteiger partial charge in [-0.2, -0.15) is 8.78 Å². The maximum Gasteiger partial charge on any atom is 0.319 e. The summed E-state index contributed by atoms with van der Waals surface area (Å²) in [7, 11) is 0. The summed E-state index contributed by atoms with van der Waals surface area (Å²) in [6.07, 6.45) is 1.73. The maximum absolute atomic E-state index is 13.6. The fourth-order valence-electron chi connectivity index (χ4n) is 4.35. The highest BCUT2D eigenvalue weighted by molar-refractivity contribution is 6.12. The zero-order valence-electron chi connectivity index (χ0n) is 20.3. The number of amides is 2. The van der Waals surface area contributed by atoms with Crippen LogP contribution in [-0.2, 0) is 23.7 Å². The number of urea groups is 1. The minimum atomic E-state index is -3.12. The largest absolute Gasteiger partial charge is 0.387 e. The molecule has 35 heavy (non-hydrogen) atoms. The number of alkyl halides is 2. The number of halogens is 2. The van der Waals surface area contributed by atoms with Gasteiger partial charge in [-0.1, -0.05) is 56.8 Å². The van der Waals surface area contributed by atoms with Crippen LogP contribution in [0.1, 0.15) is 43.9 Å². The van der Waals surface area contributed by atoms with E-state index in [-0.39, 0.29) is 17.9 Å². The number of hydrogen-bond donors (Lipinski definition) is 3. The molecule has 2 atom stereocenters. The minimum absolute atomic E-state index is 0.0624. The molecule has 0 saturated heterocycles. The van der Waals surface area contributed by atoms with E-state index < -0.39 is 23.4 Å². The average molecular weight is 483 g/mol. The predicted octanol–water partition coefficient (Wildman–Crippen LogP) is 5.19. The predicted molar refractivity (Wildman–Crippen MR) is 135 cm³/mol. The molecule has 3 rings (SSSR count). The van der Waals surface area contributed by atoms with Crippen molar-refractivity contribution < 1.29 is 18.4 Å². The number of allylic oxidation sites excluding steroid dienone is 1. The molecule has 0 saturated carbocycles. The third kappa shape index (κ3) is 6.32. The number of carbonyl (C=O) groups excluding carboxylic acids is 2. The van der Waals surface area contributed by atoms with Crippen LogP contribution < -0.4 is 16.4 Å². The van der Waals surface area contributed by atoms with E-state index in [4.69, 9.17) is 5.73 Å². The van der Waals surface area contributed by atoms with Crippen molar-refractivity contribution in [2.24, 2.45) is 22.6 Å². The Bertz CT molecular complexity index is 1110. The lowest BCUT2D eigenvalue weighted by molar-refractivity contribution is -0.124. The van der Waals surface area contributed by atoms with Gasteiger partial charge in [0.15, 0.2) is 5.78 Å². The summed E-state index contributed by atoms with van der Waals surface area (Å²) < 4.78 is 27.2. The number of Topliss-reactive ketones (excluding diaryl/α,β-unsaturated/α-hetero) is 1. The van der Waals surface area contributed by atoms with E-state index in [1.807, 2.05) is 31.2 Å². The van der Waals surface area contributed by atoms with E-state index in [0.29, 0.717) is 36.4 Å². The minimum Gasteiger partial charge on any atom is -0.387 e. The van der Waals surface area contributed by atoms with Gasteiger partial charge in [0.05, 0.1) is 5.92 Å². The number of ketones is 1. The molecule has 0 aliphatic carbocycles. The number of hydrogen-bond acceptors (Lipinski definition) is 4. The van der Waals surface area contributed by atoms with Crippen LogP contribution in [0.25, 0.3) is 0 Å². The molecule has 0 bridgehead atoms. The molecule has 8 heteroatoms. The van der Waals surface area contributed by atoms with Crippen LogP contribution in [0.2, 0.25) is 0 Å². The van der Waals surface area contributed by atoms with Crippen molar-refractivity contribution in [1.82, 2.24) is 5.32 Å². The van der Waals surface area contributed by atoms with Gasteiger partial charge in [-0.05, 0) is 55.0 Å². The molecule has 0 fully saturated rings. The zero-order valence-corrected chi connectivity index (χ0v) is 20.3. The summed E-state index contributed by atoms with van der Waals surface area (Å²) in [5.41, 5.74) is 7.38. The van der Waals surface area contributed by atoms with Crippen molar-refractivity contribution in [1.29, 1.82) is 0 Å². The Labute approximate surface area is 204 Å². The van der Waals surface area contributed by atoms with Crippen LogP contribution in [-0.4, -0.2) is 23.2 Å². The van der Waals surface area contributed by atoms with E-state index in [9.17, 15) is 18.4 Å². The van der Waals surface area contributed by atoms with Gasteiger partial charge in [-0.15, -0.1) is 0 Å². The van der Waals surface area contributed by atoms with E-state index in [1.54, 1.807) is 0 Å². The van der Waals surface area contributed by atoms with Gasteiger partial charge in [0.25, 0.3) is 5.92 Å². The second kappa shape index (κ2) is 10.4. The van der Waals surface area contributed by atoms with Gasteiger partial charge in [-0.3, -0.25) is 9.79 Å². The first kappa shape index (κ1) is 26.1. The third-order valence-corrected chi connectivity index (χ3v) is 6.09. The smallest absolute Gasteiger partial charge is 0.319 e. The average Bonchev–Trinajstić information content (AvgIpc) is 3.01. The van der Waals surface area contributed by atoms with Crippen molar-refractivity contribution in [2.45, 2.75) is 51.6 Å². The van der Waals surface area contributed by atoms with Crippen LogP contribution >= 0.6 is 0 Å². The normalized spacial score (nSPS) is 20.0. The van der Waals surface area contributed by atoms with Gasteiger partial charge < -0.3 is 16.4 Å². The molecule has 0 aromatic heterocycles. The Balaban J connectivity index is 1.52. The molecule has 2 aromatic rings. The van der Waals surface area contributed by atoms with E-state index in [0.717, 1.165) is 11.1 Å². The van der Waals surface area contributed by atoms with E-state index in [1.165, 1.54) is 24.3 Å². The highest BCUT2D eigenvalue weighted by Crippen LogP contribution is 2.33. The van der Waals surface area contributed by atoms with Crippen molar-refractivity contribution in [3.05, 3.63) is 77.9 Å². The van der Waals surface area contributed by atoms with Crippen LogP contribution in [0.3, 0.4) is 0 Å². The third-order valence-electron chi connectivity index (χ3n) is 6.09. The zero-order chi connectivity index (χ0) is 25.8. The van der Waals surface area contributed by atoms with Gasteiger partial charge in [0.2, 0.25) is 0 Å². The summed E-state index contributed by atoms with van der Waals surface area (Å²) in [5.74, 6) is -2.75. The lowest BCUT2D eigenvalue weighted by Crippen LogP contribution is -2.36. The lowest BCUT2D eigenvalue weighted by Gasteiger charge is -2.22. The van der Waals surface area contributed by atoms with E-state index >= 15 is 0 Å². The van der Waals surface area contributed by atoms with E-state index in [2.05, 4.69) is 36.1 Å². The molecule has 1 heterocycles. The van der Waals surface area contributed by atoms with Gasteiger partial charge in [0, 0.05) is 17.8 Å². The molecular weight excluding hydrogens is 450 g/mol. The first-order chi connectivity index (χ1) is 16.4. The monoisotopic (exact) mass is 482 g/mol. The second-order valence-corrected chi connectivity index (χ2v) is 9.56. The maximum atomic E-state index is 13.6. The molecule has 0 spiro atoms. The number of carbonyl (C=O) groups is 2. The van der Waals surface area contributed by atoms with Gasteiger partial charge in [0.1, 0.15) is 11.4 Å². The molecule has 2 amide bonds. The molecule has 186 valence electrons. The quantitative estimate of drug-likeness (QED) is 0.429. The summed E-state index contributed by atoms with van der Waals surface area (Å²) in [6.45, 7) is 9.38. The Hall–Kier alpha value is -3.55. The molecule has 6 nitrogen and oxygen atoms in total. The molecule has 2 aromatic carbocycles. The fraction of sp³-hybridized carbons (Fsp3) is 0.370. The second-order valence-electron chi connectivity index (χ2n) is 9.56. The Morgan fingerprint density at radius 1 is 1.17 bits per heavy atom. The standard InChI is InChI=1S/C27H32F2N4O2/c1-5-27(28,29)20-10-12-21(13-11-20)32-25(35)31-16-19-8-6-18(7-9-19)14-22-23(34)26(4,15-17(2)3)33-24(22)30/h5-13,17,22H,1,14-16H2,2-4H3,(H2,30,33)(H2,31,32,35). The van der Waals surface area contributed by atoms with Gasteiger partial charge in [-0.25, -0.2) is 4.79 Å². The number of amidine groups is 1. The number of anilines is 1. The summed E-state index contributed by atoms with van der Waals surface area (Å²) in [4.78, 5) is 29.6. The number of benzene rings is 2. The summed E-state index contributed by atoms with van der Waals surface area (Å²) in [6, 6.07) is 12.4. The molecular formula is C27H32F2N4O2. The van der Waals surface area contributed by atoms with Crippen LogP contribution in [0, 0.1) is 11.8 Å². The Morgan fingerprint density at radius 3 is 2.34 bits per heavy atom. The molecule has 2 unspecified atom stereocenters. The van der Waals surface area contributed by atoms with Crippen molar-refractivity contribution in [2.75, 3.05) is 5.32 Å². The number of nitrogens with zero attached hydrogens (tertiary/aromatic N) is 1. The summed E-state index contributed by atoms with van der Waals surface area (Å²) >= 11 is 0. The Kier molecular flexibility index (Phi) is 7.73. The molecule has 0 radical (unpaired) electrons. The van der Waals surface area contributed by atoms with Crippen LogP contribution in [0.5, 0.6) is 0 Å². The number of rotatable bonds is 9. The fourth-order valence-corrected chi connectivity index (χ4v) is 4.35. The number of nitrogens with two attached hydrogens (primary N) is 1. The topological polar surface area (TPSA) is 96.6 Å². The van der Waals surface area contributed by atoms with Crippen LogP contribution in [0.4, 0.5) is 19.3 Å². The number of aliphatic imine (C=N–C) groups is 1. The van der Waals surface area contributed by atoms with Crippen molar-refractivity contribution in [3.63, 3.8) is 0 Å². The molecule has 1 aliphatic rings. The SMILES string of the molecule is C=CC(F)(F)c1ccc(NC(=O)NCc2ccc(CC3C(=O)C(C)(CC(C)C)N=C3N)cc2)cc1. The Morgan fingerprint density at radius 2 is 1.77 bits per heavy atom. The molecule has 1 aliphatic heterocycles. The van der Waals surface area contributed by atoms with Gasteiger partial charge >= 0.3 is 6.03 Å². The first-order valence-electron chi connectivity index (χ1n) is 11.6. The first-order valence-corrected chi connectivity index (χ1v) is 11.6. The van der Waals surface area contributed by atoms with Crippen molar-refractivity contribution >= 4 is 23.3 Å². The molecule has 4 N–H and O–H groups in total. The highest BCUT2D eigenvalue weighted by atomic mass is 19.3. The lowest BCUT2D eigenvalue weighted by atomic mass is 9.82. The summed E-state index contributed by atoms with van der Waals surface area (Å²) in [5, 5.41) is 5.35.